The number of amides is 1. The number of nitrogens with zero attached hydrogens (tertiary/aromatic N) is 5. The maximum Gasteiger partial charge on any atom is 0.232 e. The monoisotopic (exact) mass is 329 g/mol. The smallest absolute Gasteiger partial charge is 0.232 e. The summed E-state index contributed by atoms with van der Waals surface area (Å²) in [7, 11) is 3.37. The molecule has 0 aliphatic carbocycles. The lowest BCUT2D eigenvalue weighted by atomic mass is 10.1. The molecule has 1 aliphatic rings. The number of carbonyl (C=O) groups excluding carboxylic acids is 1. The topological polar surface area (TPSA) is 98.1 Å². The normalized spacial score (nSPS) is 19.6. The van der Waals surface area contributed by atoms with E-state index >= 15 is 0 Å². The largest absolute Gasteiger partial charge is 0.296 e. The quantitative estimate of drug-likeness (QED) is 0.750. The van der Waals surface area contributed by atoms with Crippen LogP contribution in [-0.4, -0.2) is 46.4 Å². The molecule has 0 saturated carbocycles. The van der Waals surface area contributed by atoms with Gasteiger partial charge in [0, 0.05) is 36.6 Å². The minimum atomic E-state index is -3.63. The predicted molar refractivity (Wildman–Crippen MR) is 76.4 cm³/mol. The highest BCUT2D eigenvalue weighted by Crippen LogP contribution is 2.29. The third kappa shape index (κ3) is 2.70. The van der Waals surface area contributed by atoms with Crippen LogP contribution >= 0.6 is 10.7 Å². The summed E-state index contributed by atoms with van der Waals surface area (Å²) in [5.41, 5.74) is 0.612. The molecule has 21 heavy (non-hydrogen) atoms. The average molecular weight is 330 g/mol. The standard InChI is InChI=1S/C11H12ClN5O3S/c1-16-10-8(3-15-16)11(14-6-13-10)17-4-7(2-9(17)18)5-21(12,19)20/h3,6-7H,2,4-5H2,1H3. The SMILES string of the molecule is Cn1ncc2c(N3CC(CS(=O)(=O)Cl)CC3=O)ncnc21. The molecule has 0 aromatic carbocycles. The Morgan fingerprint density at radius 1 is 1.43 bits per heavy atom. The molecule has 0 N–H and O–H groups in total. The number of carbonyl (C=O) groups is 1. The lowest BCUT2D eigenvalue weighted by Crippen LogP contribution is -2.26. The van der Waals surface area contributed by atoms with Crippen LogP contribution in [0, 0.1) is 5.92 Å². The van der Waals surface area contributed by atoms with Crippen molar-refractivity contribution in [3.05, 3.63) is 12.5 Å². The second-order valence-corrected chi connectivity index (χ2v) is 7.80. The third-order valence-corrected chi connectivity index (χ3v) is 4.65. The molecule has 2 aromatic rings. The van der Waals surface area contributed by atoms with Crippen molar-refractivity contribution in [1.29, 1.82) is 0 Å². The summed E-state index contributed by atoms with van der Waals surface area (Å²) in [4.78, 5) is 21.8. The van der Waals surface area contributed by atoms with E-state index in [0.717, 1.165) is 0 Å². The van der Waals surface area contributed by atoms with Gasteiger partial charge in [-0.25, -0.2) is 18.4 Å². The first kappa shape index (κ1) is 14.2. The molecule has 2 aromatic heterocycles. The van der Waals surface area contributed by atoms with Crippen LogP contribution in [0.15, 0.2) is 12.5 Å². The van der Waals surface area contributed by atoms with Crippen molar-refractivity contribution in [2.24, 2.45) is 13.0 Å². The van der Waals surface area contributed by atoms with Crippen LogP contribution in [0.25, 0.3) is 11.0 Å². The molecule has 1 atom stereocenters. The summed E-state index contributed by atoms with van der Waals surface area (Å²) in [6.07, 6.45) is 3.08. The van der Waals surface area contributed by atoms with E-state index in [1.807, 2.05) is 0 Å². The van der Waals surface area contributed by atoms with Gasteiger partial charge in [-0.2, -0.15) is 5.10 Å². The zero-order valence-electron chi connectivity index (χ0n) is 11.1. The lowest BCUT2D eigenvalue weighted by Gasteiger charge is -2.15. The van der Waals surface area contributed by atoms with Crippen molar-refractivity contribution in [3.63, 3.8) is 0 Å². The van der Waals surface area contributed by atoms with E-state index in [-0.39, 0.29) is 30.5 Å². The summed E-state index contributed by atoms with van der Waals surface area (Å²) >= 11 is 0. The number of fused-ring (bicyclic) bond motifs is 1. The van der Waals surface area contributed by atoms with Crippen LogP contribution in [-0.2, 0) is 20.9 Å². The number of aromatic nitrogens is 4. The molecular formula is C11H12ClN5O3S. The van der Waals surface area contributed by atoms with Crippen LogP contribution < -0.4 is 4.90 Å². The van der Waals surface area contributed by atoms with Crippen LogP contribution in [0.5, 0.6) is 0 Å². The number of hydrogen-bond acceptors (Lipinski definition) is 6. The first-order valence-corrected chi connectivity index (χ1v) is 8.68. The van der Waals surface area contributed by atoms with E-state index in [9.17, 15) is 13.2 Å². The second-order valence-electron chi connectivity index (χ2n) is 4.98. The van der Waals surface area contributed by atoms with Gasteiger partial charge in [-0.05, 0) is 0 Å². The van der Waals surface area contributed by atoms with Crippen molar-refractivity contribution in [2.45, 2.75) is 6.42 Å². The van der Waals surface area contributed by atoms with E-state index < -0.39 is 9.05 Å². The number of rotatable bonds is 3. The summed E-state index contributed by atoms with van der Waals surface area (Å²) < 4.78 is 23.9. The molecule has 8 nitrogen and oxygen atoms in total. The number of anilines is 1. The third-order valence-electron chi connectivity index (χ3n) is 3.40. The van der Waals surface area contributed by atoms with Gasteiger partial charge in [-0.15, -0.1) is 0 Å². The number of aryl methyl sites for hydroxylation is 1. The van der Waals surface area contributed by atoms with Gasteiger partial charge in [-0.3, -0.25) is 14.4 Å². The molecule has 3 heterocycles. The van der Waals surface area contributed by atoms with E-state index in [1.54, 1.807) is 17.9 Å². The highest BCUT2D eigenvalue weighted by atomic mass is 35.7. The summed E-state index contributed by atoms with van der Waals surface area (Å²) in [6.45, 7) is 0.270. The Bertz CT molecular complexity index is 818. The van der Waals surface area contributed by atoms with Crippen LogP contribution in [0.3, 0.4) is 0 Å². The highest BCUT2D eigenvalue weighted by Gasteiger charge is 2.34. The fourth-order valence-corrected chi connectivity index (χ4v) is 3.87. The Kier molecular flexibility index (Phi) is 3.33. The molecule has 112 valence electrons. The minimum Gasteiger partial charge on any atom is -0.296 e. The van der Waals surface area contributed by atoms with Crippen molar-refractivity contribution >= 4 is 42.5 Å². The Balaban J connectivity index is 1.94. The van der Waals surface area contributed by atoms with E-state index in [0.29, 0.717) is 16.9 Å². The minimum absolute atomic E-state index is 0.137. The van der Waals surface area contributed by atoms with Gasteiger partial charge in [-0.1, -0.05) is 0 Å². The molecule has 0 spiro atoms. The van der Waals surface area contributed by atoms with E-state index in [4.69, 9.17) is 10.7 Å². The summed E-state index contributed by atoms with van der Waals surface area (Å²) in [5.74, 6) is -0.281. The average Bonchev–Trinajstić information content (AvgIpc) is 2.91. The molecule has 1 aliphatic heterocycles. The van der Waals surface area contributed by atoms with E-state index in [1.165, 1.54) is 11.2 Å². The van der Waals surface area contributed by atoms with Crippen molar-refractivity contribution in [1.82, 2.24) is 19.7 Å². The number of halogens is 1. The van der Waals surface area contributed by atoms with Crippen LogP contribution in [0.2, 0.25) is 0 Å². The molecular weight excluding hydrogens is 318 g/mol. The van der Waals surface area contributed by atoms with Crippen molar-refractivity contribution < 1.29 is 13.2 Å². The maximum atomic E-state index is 12.1. The Morgan fingerprint density at radius 2 is 2.19 bits per heavy atom. The van der Waals surface area contributed by atoms with E-state index in [2.05, 4.69) is 15.1 Å². The zero-order valence-corrected chi connectivity index (χ0v) is 12.7. The predicted octanol–water partition coefficient (Wildman–Crippen LogP) is 0.285. The molecule has 10 heteroatoms. The Hall–Kier alpha value is -1.74. The maximum absolute atomic E-state index is 12.1. The molecule has 1 fully saturated rings. The number of hydrogen-bond donors (Lipinski definition) is 0. The second kappa shape index (κ2) is 4.92. The fraction of sp³-hybridized carbons (Fsp3) is 0.455. The summed E-state index contributed by atoms with van der Waals surface area (Å²) in [5, 5.41) is 4.75. The molecule has 3 rings (SSSR count). The van der Waals surface area contributed by atoms with Crippen LogP contribution in [0.4, 0.5) is 5.82 Å². The Morgan fingerprint density at radius 3 is 2.90 bits per heavy atom. The first-order chi connectivity index (χ1) is 9.85. The lowest BCUT2D eigenvalue weighted by molar-refractivity contribution is -0.117. The molecule has 1 saturated heterocycles. The molecule has 0 radical (unpaired) electrons. The van der Waals surface area contributed by atoms with Gasteiger partial charge in [0.2, 0.25) is 15.0 Å². The van der Waals surface area contributed by atoms with Crippen molar-refractivity contribution in [3.8, 4) is 0 Å². The van der Waals surface area contributed by atoms with Gasteiger partial charge in [0.15, 0.2) is 5.65 Å². The van der Waals surface area contributed by atoms with Gasteiger partial charge in [0.25, 0.3) is 0 Å². The fourth-order valence-electron chi connectivity index (χ4n) is 2.54. The molecule has 1 amide bonds. The van der Waals surface area contributed by atoms with Gasteiger partial charge in [0.05, 0.1) is 17.3 Å². The van der Waals surface area contributed by atoms with Gasteiger partial charge in [0.1, 0.15) is 12.1 Å². The van der Waals surface area contributed by atoms with Gasteiger partial charge < -0.3 is 0 Å². The summed E-state index contributed by atoms with van der Waals surface area (Å²) in [6, 6.07) is 0. The first-order valence-electron chi connectivity index (χ1n) is 6.20. The van der Waals surface area contributed by atoms with Gasteiger partial charge >= 0.3 is 0 Å². The highest BCUT2D eigenvalue weighted by molar-refractivity contribution is 8.13. The Labute approximate surface area is 125 Å². The van der Waals surface area contributed by atoms with Crippen molar-refractivity contribution in [2.75, 3.05) is 17.2 Å². The van der Waals surface area contributed by atoms with Crippen LogP contribution in [0.1, 0.15) is 6.42 Å². The zero-order chi connectivity index (χ0) is 15.2. The molecule has 0 bridgehead atoms. The molecule has 1 unspecified atom stereocenters.